The molecule has 0 amide bonds. The highest BCUT2D eigenvalue weighted by molar-refractivity contribution is 5.72. The van der Waals surface area contributed by atoms with Gasteiger partial charge in [0, 0.05) is 36.5 Å². The largest absolute Gasteiger partial charge is 0.427 e. The number of nitrogens with zero attached hydrogens (tertiary/aromatic N) is 2. The summed E-state index contributed by atoms with van der Waals surface area (Å²) in [5.74, 6) is 1.55. The zero-order valence-electron chi connectivity index (χ0n) is 18.7. The zero-order chi connectivity index (χ0) is 21.6. The molecule has 1 unspecified atom stereocenters. The van der Waals surface area contributed by atoms with Crippen molar-refractivity contribution in [2.75, 3.05) is 6.61 Å². The van der Waals surface area contributed by atoms with Crippen molar-refractivity contribution in [1.29, 1.82) is 0 Å². The van der Waals surface area contributed by atoms with Gasteiger partial charge in [0.1, 0.15) is 5.75 Å². The van der Waals surface area contributed by atoms with Crippen molar-refractivity contribution < 1.29 is 14.3 Å². The Balaban J connectivity index is 1.76. The number of carbonyl (C=O) groups is 1. The van der Waals surface area contributed by atoms with Crippen LogP contribution >= 0.6 is 0 Å². The van der Waals surface area contributed by atoms with Crippen LogP contribution in [0.25, 0.3) is 11.4 Å². The number of ether oxygens (including phenoxy) is 2. The van der Waals surface area contributed by atoms with Crippen molar-refractivity contribution >= 4 is 5.97 Å². The number of esters is 1. The molecule has 164 valence electrons. The summed E-state index contributed by atoms with van der Waals surface area (Å²) < 4.78 is 11.1. The van der Waals surface area contributed by atoms with Crippen LogP contribution in [0, 0.1) is 5.92 Å². The molecule has 0 aliphatic carbocycles. The van der Waals surface area contributed by atoms with Crippen molar-refractivity contribution in [3.63, 3.8) is 0 Å². The predicted molar refractivity (Wildman–Crippen MR) is 120 cm³/mol. The lowest BCUT2D eigenvalue weighted by molar-refractivity contribution is -0.134. The minimum atomic E-state index is -0.186. The van der Waals surface area contributed by atoms with Gasteiger partial charge in [-0.3, -0.25) is 4.79 Å². The normalized spacial score (nSPS) is 12.0. The van der Waals surface area contributed by atoms with Crippen molar-refractivity contribution in [1.82, 2.24) is 9.97 Å². The maximum Gasteiger partial charge on any atom is 0.311 e. The number of carbonyl (C=O) groups excluding carboxylic acids is 1. The highest BCUT2D eigenvalue weighted by Crippen LogP contribution is 2.20. The fraction of sp³-hybridized carbons (Fsp3) is 0.560. The van der Waals surface area contributed by atoms with Gasteiger partial charge in [-0.1, -0.05) is 52.9 Å². The van der Waals surface area contributed by atoms with Gasteiger partial charge in [0.2, 0.25) is 0 Å². The average molecular weight is 413 g/mol. The van der Waals surface area contributed by atoms with Gasteiger partial charge < -0.3 is 9.47 Å². The maximum absolute atomic E-state index is 11.9. The molecular weight excluding hydrogens is 376 g/mol. The van der Waals surface area contributed by atoms with Crippen LogP contribution in [0.4, 0.5) is 0 Å². The SMILES string of the molecule is CCCCCCCOCc1cnc(-c2ccc(OC(=O)CCC(C)CC)cc2)nc1. The molecule has 30 heavy (non-hydrogen) atoms. The molecule has 0 radical (unpaired) electrons. The van der Waals surface area contributed by atoms with Gasteiger partial charge in [0.25, 0.3) is 0 Å². The van der Waals surface area contributed by atoms with E-state index in [1.54, 1.807) is 12.1 Å². The van der Waals surface area contributed by atoms with Gasteiger partial charge in [-0.05, 0) is 43.0 Å². The second-order valence-electron chi connectivity index (χ2n) is 7.93. The molecule has 1 heterocycles. The van der Waals surface area contributed by atoms with Gasteiger partial charge in [-0.25, -0.2) is 9.97 Å². The molecular formula is C25H36N2O3. The smallest absolute Gasteiger partial charge is 0.311 e. The van der Waals surface area contributed by atoms with E-state index in [9.17, 15) is 4.79 Å². The molecule has 0 saturated heterocycles. The van der Waals surface area contributed by atoms with E-state index in [1.165, 1.54) is 25.7 Å². The number of rotatable bonds is 14. The predicted octanol–water partition coefficient (Wildman–Crippen LogP) is 6.36. The van der Waals surface area contributed by atoms with Crippen LogP contribution in [0.1, 0.15) is 77.7 Å². The molecule has 2 rings (SSSR count). The first-order valence-electron chi connectivity index (χ1n) is 11.3. The molecule has 2 aromatic rings. The van der Waals surface area contributed by atoms with E-state index in [1.807, 2.05) is 24.5 Å². The van der Waals surface area contributed by atoms with Crippen molar-refractivity contribution in [3.05, 3.63) is 42.2 Å². The lowest BCUT2D eigenvalue weighted by Gasteiger charge is -2.08. The maximum atomic E-state index is 11.9. The fourth-order valence-electron chi connectivity index (χ4n) is 3.00. The molecule has 1 aromatic heterocycles. The van der Waals surface area contributed by atoms with E-state index in [0.29, 0.717) is 30.5 Å². The zero-order valence-corrected chi connectivity index (χ0v) is 18.7. The standard InChI is InChI=1S/C25H36N2O3/c1-4-6-7-8-9-16-29-19-21-17-26-25(27-18-21)22-11-13-23(14-12-22)30-24(28)15-10-20(3)5-2/h11-14,17-18,20H,4-10,15-16,19H2,1-3H3. The van der Waals surface area contributed by atoms with E-state index in [4.69, 9.17) is 9.47 Å². The highest BCUT2D eigenvalue weighted by atomic mass is 16.5. The summed E-state index contributed by atoms with van der Waals surface area (Å²) in [5, 5.41) is 0. The second-order valence-corrected chi connectivity index (χ2v) is 7.93. The number of hydrogen-bond acceptors (Lipinski definition) is 5. The van der Waals surface area contributed by atoms with Crippen LogP contribution in [-0.4, -0.2) is 22.5 Å². The van der Waals surface area contributed by atoms with Gasteiger partial charge in [0.05, 0.1) is 6.61 Å². The Labute approximate surface area is 181 Å². The molecule has 1 aromatic carbocycles. The second kappa shape index (κ2) is 13.9. The van der Waals surface area contributed by atoms with E-state index >= 15 is 0 Å². The first-order valence-corrected chi connectivity index (χ1v) is 11.3. The quantitative estimate of drug-likeness (QED) is 0.205. The number of hydrogen-bond donors (Lipinski definition) is 0. The summed E-state index contributed by atoms with van der Waals surface area (Å²) in [6.07, 6.45) is 12.2. The Morgan fingerprint density at radius 2 is 1.70 bits per heavy atom. The van der Waals surface area contributed by atoms with Crippen molar-refractivity contribution in [3.8, 4) is 17.1 Å². The topological polar surface area (TPSA) is 61.3 Å². The van der Waals surface area contributed by atoms with Gasteiger partial charge >= 0.3 is 5.97 Å². The van der Waals surface area contributed by atoms with Crippen LogP contribution < -0.4 is 4.74 Å². The summed E-state index contributed by atoms with van der Waals surface area (Å²) in [5.41, 5.74) is 1.86. The molecule has 0 aliphatic rings. The van der Waals surface area contributed by atoms with E-state index in [2.05, 4.69) is 30.7 Å². The number of unbranched alkanes of at least 4 members (excludes halogenated alkanes) is 4. The van der Waals surface area contributed by atoms with Gasteiger partial charge in [-0.15, -0.1) is 0 Å². The number of benzene rings is 1. The summed E-state index contributed by atoms with van der Waals surface area (Å²) in [6.45, 7) is 7.82. The van der Waals surface area contributed by atoms with E-state index in [0.717, 1.165) is 37.0 Å². The van der Waals surface area contributed by atoms with Crippen LogP contribution in [0.2, 0.25) is 0 Å². The Kier molecular flexibility index (Phi) is 11.1. The molecule has 0 spiro atoms. The van der Waals surface area contributed by atoms with Gasteiger partial charge in [0.15, 0.2) is 5.82 Å². The Bertz CT molecular complexity index is 729. The Morgan fingerprint density at radius 3 is 2.37 bits per heavy atom. The molecule has 5 nitrogen and oxygen atoms in total. The molecule has 0 fully saturated rings. The third kappa shape index (κ3) is 9.04. The Morgan fingerprint density at radius 1 is 1.00 bits per heavy atom. The van der Waals surface area contributed by atoms with E-state index < -0.39 is 0 Å². The summed E-state index contributed by atoms with van der Waals surface area (Å²) in [7, 11) is 0. The third-order valence-electron chi connectivity index (χ3n) is 5.25. The summed E-state index contributed by atoms with van der Waals surface area (Å²) in [4.78, 5) is 20.8. The lowest BCUT2D eigenvalue weighted by atomic mass is 10.0. The van der Waals surface area contributed by atoms with Crippen LogP contribution in [0.15, 0.2) is 36.7 Å². The lowest BCUT2D eigenvalue weighted by Crippen LogP contribution is -2.09. The Hall–Kier alpha value is -2.27. The van der Waals surface area contributed by atoms with Crippen molar-refractivity contribution in [2.45, 2.75) is 78.7 Å². The number of aromatic nitrogens is 2. The molecule has 0 bridgehead atoms. The monoisotopic (exact) mass is 412 g/mol. The first kappa shape index (κ1) is 24.0. The summed E-state index contributed by atoms with van der Waals surface area (Å²) >= 11 is 0. The van der Waals surface area contributed by atoms with Crippen LogP contribution in [-0.2, 0) is 16.1 Å². The molecule has 1 atom stereocenters. The molecule has 0 aliphatic heterocycles. The highest BCUT2D eigenvalue weighted by Gasteiger charge is 2.09. The minimum absolute atomic E-state index is 0.186. The molecule has 0 saturated carbocycles. The van der Waals surface area contributed by atoms with Crippen molar-refractivity contribution in [2.24, 2.45) is 5.92 Å². The third-order valence-corrected chi connectivity index (χ3v) is 5.25. The van der Waals surface area contributed by atoms with E-state index in [-0.39, 0.29) is 5.97 Å². The van der Waals surface area contributed by atoms with Crippen LogP contribution in [0.3, 0.4) is 0 Å². The van der Waals surface area contributed by atoms with Crippen LogP contribution in [0.5, 0.6) is 5.75 Å². The first-order chi connectivity index (χ1) is 14.6. The average Bonchev–Trinajstić information content (AvgIpc) is 2.78. The molecule has 5 heteroatoms. The fourth-order valence-corrected chi connectivity index (χ4v) is 3.00. The molecule has 0 N–H and O–H groups in total. The summed E-state index contributed by atoms with van der Waals surface area (Å²) in [6, 6.07) is 7.32. The minimum Gasteiger partial charge on any atom is -0.427 e. The van der Waals surface area contributed by atoms with Gasteiger partial charge in [-0.2, -0.15) is 0 Å².